The number of aromatic hydroxyl groups is 1. The number of nitrogens with one attached hydrogen (secondary N) is 4. The molecule has 0 bridgehead atoms. The normalized spacial score (nSPS) is 13.4. The topological polar surface area (TPSA) is 320 Å². The molecule has 1 aromatic rings. The van der Waals surface area contributed by atoms with E-state index in [0.29, 0.717) is 125 Å². The number of unbranched alkanes of at least 4 members (excludes halogenated alkanes) is 2. The van der Waals surface area contributed by atoms with Crippen molar-refractivity contribution >= 4 is 47.3 Å². The minimum absolute atomic E-state index is 0.0167. The van der Waals surface area contributed by atoms with Gasteiger partial charge < -0.3 is 74.5 Å². The zero-order valence-corrected chi connectivity index (χ0v) is 42.6. The van der Waals surface area contributed by atoms with Crippen LogP contribution in [-0.4, -0.2) is 201 Å². The second-order valence-electron chi connectivity index (χ2n) is 16.8. The van der Waals surface area contributed by atoms with Gasteiger partial charge in [-0.25, -0.2) is 4.79 Å². The third kappa shape index (κ3) is 32.5. The lowest BCUT2D eigenvalue weighted by molar-refractivity contribution is -0.141. The molecule has 3 atom stereocenters. The number of hydrogen-bond acceptors (Lipinski definition) is 18. The first-order chi connectivity index (χ1) is 35.3. The van der Waals surface area contributed by atoms with Crippen LogP contribution in [0.15, 0.2) is 30.4 Å². The second-order valence-corrected chi connectivity index (χ2v) is 16.8. The summed E-state index contributed by atoms with van der Waals surface area (Å²) in [5.41, 5.74) is 6.94. The number of phenols is 1. The Labute approximate surface area is 427 Å². The number of carboxylic acids is 1. The highest BCUT2D eigenvalue weighted by atomic mass is 16.6. The van der Waals surface area contributed by atoms with Crippen LogP contribution in [0.2, 0.25) is 0 Å². The molecule has 73 heavy (non-hydrogen) atoms. The van der Waals surface area contributed by atoms with Crippen molar-refractivity contribution in [3.8, 4) is 5.75 Å². The van der Waals surface area contributed by atoms with Crippen LogP contribution in [0, 0.1) is 5.92 Å². The van der Waals surface area contributed by atoms with Gasteiger partial charge in [0.25, 0.3) is 11.8 Å². The molecule has 0 saturated carbocycles. The Bertz CT molecular complexity index is 1770. The van der Waals surface area contributed by atoms with E-state index in [1.54, 1.807) is 19.1 Å². The van der Waals surface area contributed by atoms with Gasteiger partial charge in [0.05, 0.1) is 111 Å². The number of carbonyl (C=O) groups excluding carboxylic acids is 6. The van der Waals surface area contributed by atoms with Gasteiger partial charge >= 0.3 is 12.1 Å². The molecule has 0 radical (unpaired) electrons. The van der Waals surface area contributed by atoms with Crippen LogP contribution in [0.3, 0.4) is 0 Å². The molecule has 0 fully saturated rings. The van der Waals surface area contributed by atoms with E-state index >= 15 is 0 Å². The summed E-state index contributed by atoms with van der Waals surface area (Å²) in [4.78, 5) is 85.3. The van der Waals surface area contributed by atoms with Gasteiger partial charge in [-0.3, -0.25) is 39.0 Å². The number of nitrogens with two attached hydrogens (primary N) is 1. The highest BCUT2D eigenvalue weighted by Crippen LogP contribution is 2.25. The van der Waals surface area contributed by atoms with E-state index in [9.17, 15) is 38.7 Å². The average molecular weight is 1040 g/mol. The summed E-state index contributed by atoms with van der Waals surface area (Å²) in [6.07, 6.45) is 5.87. The molecule has 414 valence electrons. The first-order valence-corrected chi connectivity index (χ1v) is 25.0. The maximum Gasteiger partial charge on any atom is 0.411 e. The minimum Gasteiger partial charge on any atom is -0.506 e. The maximum atomic E-state index is 12.8. The number of aliphatic carboxylic acids is 1. The molecule has 0 saturated heterocycles. The second kappa shape index (κ2) is 41.1. The number of nitrogens with zero attached hydrogens (tertiary/aromatic N) is 1. The predicted octanol–water partition coefficient (Wildman–Crippen LogP) is 1.45. The zero-order valence-electron chi connectivity index (χ0n) is 42.6. The summed E-state index contributed by atoms with van der Waals surface area (Å²) in [5.74, 6) is -3.37. The summed E-state index contributed by atoms with van der Waals surface area (Å²) in [6.45, 7) is 9.64. The van der Waals surface area contributed by atoms with Crippen LogP contribution in [0.4, 0.5) is 10.5 Å². The number of rotatable bonds is 46. The fourth-order valence-corrected chi connectivity index (χ4v) is 6.64. The molecule has 0 unspecified atom stereocenters. The van der Waals surface area contributed by atoms with Crippen LogP contribution in [0.1, 0.15) is 70.8 Å². The molecule has 24 nitrogen and oxygen atoms in total. The Morgan fingerprint density at radius 3 is 1.73 bits per heavy atom. The molecular weight excluding hydrogens is 961 g/mol. The van der Waals surface area contributed by atoms with E-state index in [-0.39, 0.29) is 81.4 Å². The number of amides is 6. The van der Waals surface area contributed by atoms with E-state index in [4.69, 9.17) is 53.5 Å². The standard InChI is InChI=1S/C49H80N6O18/c1-3-4-14-52-47(61)40(53-43(57)9-7-16-55-45(59)12-13-46(55)60)8-5-6-15-51-44(58)36-72-30-29-70-26-25-68-22-21-66-18-17-65-19-20-67-23-24-69-27-28-71-31-32-73-49(64)54-41-35-38(10-11-42(41)56)34-39(50)33-37(2)48(62)63/h10-13,35,37,39-40,56H,3-9,14-34,36,50H2,1-2H3,(H,51,58)(H,52,61)(H,53,57)(H,54,64)(H,62,63)/t37-,39+,40-/m0/s1. The van der Waals surface area contributed by atoms with Gasteiger partial charge in [0.15, 0.2) is 0 Å². The molecule has 1 heterocycles. The van der Waals surface area contributed by atoms with Crippen LogP contribution in [0.25, 0.3) is 0 Å². The monoisotopic (exact) mass is 1040 g/mol. The van der Waals surface area contributed by atoms with Gasteiger partial charge in [-0.1, -0.05) is 26.3 Å². The highest BCUT2D eigenvalue weighted by Gasteiger charge is 2.24. The first kappa shape index (κ1) is 63.8. The van der Waals surface area contributed by atoms with E-state index < -0.39 is 41.9 Å². The molecule has 1 aliphatic rings. The smallest absolute Gasteiger partial charge is 0.411 e. The summed E-state index contributed by atoms with van der Waals surface area (Å²) in [7, 11) is 0. The van der Waals surface area contributed by atoms with Crippen LogP contribution < -0.4 is 27.0 Å². The van der Waals surface area contributed by atoms with Gasteiger partial charge in [-0.05, 0) is 62.6 Å². The Kier molecular flexibility index (Phi) is 35.9. The SMILES string of the molecule is CCCCNC(=O)[C@H](CCCCNC(=O)COCCOCCOCCOCCOCCOCCOCCOCCOC(=O)Nc1cc(C[C@H](N)C[C@H](C)C(=O)O)ccc1O)NC(=O)CCCN1C(=O)C=CC1=O. The number of carboxylic acid groups (broad SMARTS) is 1. The van der Waals surface area contributed by atoms with Crippen molar-refractivity contribution in [3.63, 3.8) is 0 Å². The van der Waals surface area contributed by atoms with Crippen LogP contribution in [-0.2, 0) is 77.8 Å². The third-order valence-electron chi connectivity index (χ3n) is 10.6. The van der Waals surface area contributed by atoms with Gasteiger partial charge in [-0.2, -0.15) is 0 Å². The number of phenolic OH excluding ortho intramolecular Hbond substituents is 1. The Morgan fingerprint density at radius 1 is 0.671 bits per heavy atom. The van der Waals surface area contributed by atoms with Crippen molar-refractivity contribution in [2.75, 3.05) is 137 Å². The van der Waals surface area contributed by atoms with Gasteiger partial charge in [-0.15, -0.1) is 0 Å². The van der Waals surface area contributed by atoms with Crippen molar-refractivity contribution < 1.29 is 86.4 Å². The summed E-state index contributed by atoms with van der Waals surface area (Å²) in [5, 5.41) is 30.1. The zero-order chi connectivity index (χ0) is 53.3. The molecule has 0 aliphatic carbocycles. The first-order valence-electron chi connectivity index (χ1n) is 25.0. The predicted molar refractivity (Wildman–Crippen MR) is 265 cm³/mol. The number of anilines is 1. The molecule has 8 N–H and O–H groups in total. The lowest BCUT2D eigenvalue weighted by Gasteiger charge is -2.19. The van der Waals surface area contributed by atoms with Crippen LogP contribution in [0.5, 0.6) is 5.75 Å². The Hall–Kier alpha value is -5.31. The number of carbonyl (C=O) groups is 7. The molecule has 1 aromatic carbocycles. The van der Waals surface area contributed by atoms with Crippen molar-refractivity contribution in [3.05, 3.63) is 35.9 Å². The number of hydrogen-bond donors (Lipinski definition) is 7. The van der Waals surface area contributed by atoms with Gasteiger partial charge in [0.2, 0.25) is 17.7 Å². The Balaban J connectivity index is 1.32. The fraction of sp³-hybridized carbons (Fsp3) is 0.694. The van der Waals surface area contributed by atoms with Crippen molar-refractivity contribution in [2.45, 2.75) is 83.7 Å². The highest BCUT2D eigenvalue weighted by molar-refractivity contribution is 6.12. The lowest BCUT2D eigenvalue weighted by Crippen LogP contribution is -2.47. The van der Waals surface area contributed by atoms with Crippen molar-refractivity contribution in [2.24, 2.45) is 11.7 Å². The van der Waals surface area contributed by atoms with Gasteiger partial charge in [0, 0.05) is 44.2 Å². The largest absolute Gasteiger partial charge is 0.506 e. The van der Waals surface area contributed by atoms with E-state index in [0.717, 1.165) is 23.3 Å². The van der Waals surface area contributed by atoms with Crippen LogP contribution >= 0.6 is 0 Å². The van der Waals surface area contributed by atoms with E-state index in [1.807, 2.05) is 6.92 Å². The Morgan fingerprint density at radius 2 is 1.19 bits per heavy atom. The van der Waals surface area contributed by atoms with E-state index in [2.05, 4.69) is 21.3 Å². The quantitative estimate of drug-likeness (QED) is 0.0276. The van der Waals surface area contributed by atoms with Crippen molar-refractivity contribution in [1.29, 1.82) is 0 Å². The molecule has 2 rings (SSSR count). The lowest BCUT2D eigenvalue weighted by atomic mass is 9.96. The number of benzene rings is 1. The number of ether oxygens (including phenoxy) is 9. The van der Waals surface area contributed by atoms with Crippen molar-refractivity contribution in [1.82, 2.24) is 20.9 Å². The molecule has 0 spiro atoms. The molecule has 24 heteroatoms. The molecular formula is C49H80N6O18. The van der Waals surface area contributed by atoms with Gasteiger partial charge in [0.1, 0.15) is 25.0 Å². The summed E-state index contributed by atoms with van der Waals surface area (Å²) in [6, 6.07) is 3.49. The summed E-state index contributed by atoms with van der Waals surface area (Å²) >= 11 is 0. The summed E-state index contributed by atoms with van der Waals surface area (Å²) < 4.78 is 48.7. The maximum absolute atomic E-state index is 12.8. The fourth-order valence-electron chi connectivity index (χ4n) is 6.64. The molecule has 1 aliphatic heterocycles. The average Bonchev–Trinajstić information content (AvgIpc) is 3.68. The van der Waals surface area contributed by atoms with E-state index in [1.165, 1.54) is 18.2 Å². The minimum atomic E-state index is -0.921. The molecule has 6 amide bonds. The number of imide groups is 1. The molecule has 0 aromatic heterocycles. The third-order valence-corrected chi connectivity index (χ3v) is 10.6.